The maximum atomic E-state index is 12.2. The van der Waals surface area contributed by atoms with E-state index in [2.05, 4.69) is 20.7 Å². The number of nitrogens with zero attached hydrogens (tertiary/aromatic N) is 4. The van der Waals surface area contributed by atoms with E-state index in [9.17, 15) is 4.79 Å². The normalized spacial score (nSPS) is 15.0. The van der Waals surface area contributed by atoms with Crippen molar-refractivity contribution in [2.75, 3.05) is 10.6 Å². The van der Waals surface area contributed by atoms with Gasteiger partial charge in [0.15, 0.2) is 0 Å². The van der Waals surface area contributed by atoms with Crippen LogP contribution < -0.4 is 10.6 Å². The predicted molar refractivity (Wildman–Crippen MR) is 92.3 cm³/mol. The second-order valence-corrected chi connectivity index (χ2v) is 6.30. The van der Waals surface area contributed by atoms with Crippen LogP contribution in [0.4, 0.5) is 16.2 Å². The minimum Gasteiger partial charge on any atom is -0.306 e. The number of nitrogens with one attached hydrogen (secondary N) is 2. The van der Waals surface area contributed by atoms with Gasteiger partial charge in [-0.05, 0) is 31.4 Å². The number of carbonyl (C=O) groups is 1. The fourth-order valence-electron chi connectivity index (χ4n) is 3.34. The number of carbonyl (C=O) groups excluding carboxylic acids is 1. The second kappa shape index (κ2) is 5.99. The number of aromatic nitrogens is 4. The quantitative estimate of drug-likeness (QED) is 0.773. The van der Waals surface area contributed by atoms with Gasteiger partial charge < -0.3 is 15.0 Å². The summed E-state index contributed by atoms with van der Waals surface area (Å²) in [6.45, 7) is 1.97. The molecular weight excluding hydrogens is 304 g/mol. The molecule has 0 saturated heterocycles. The molecule has 124 valence electrons. The number of urea groups is 1. The van der Waals surface area contributed by atoms with Crippen LogP contribution in [0.15, 0.2) is 37.1 Å². The van der Waals surface area contributed by atoms with Crippen molar-refractivity contribution in [2.45, 2.75) is 38.6 Å². The molecule has 0 aliphatic heterocycles. The van der Waals surface area contributed by atoms with Crippen molar-refractivity contribution in [2.24, 2.45) is 0 Å². The number of rotatable bonds is 3. The molecule has 0 aromatic carbocycles. The van der Waals surface area contributed by atoms with E-state index in [0.717, 1.165) is 29.7 Å². The number of hydrogen-bond donors (Lipinski definition) is 2. The molecule has 0 spiro atoms. The van der Waals surface area contributed by atoms with E-state index in [1.807, 2.05) is 40.7 Å². The molecule has 7 nitrogen and oxygen atoms in total. The topological polar surface area (TPSA) is 76.2 Å². The van der Waals surface area contributed by atoms with E-state index in [1.165, 1.54) is 12.8 Å². The molecule has 3 aromatic heterocycles. The second-order valence-electron chi connectivity index (χ2n) is 6.30. The lowest BCUT2D eigenvalue weighted by molar-refractivity contribution is 0.262. The summed E-state index contributed by atoms with van der Waals surface area (Å²) in [4.78, 5) is 16.5. The van der Waals surface area contributed by atoms with E-state index < -0.39 is 0 Å². The van der Waals surface area contributed by atoms with Gasteiger partial charge in [-0.3, -0.25) is 4.68 Å². The number of aryl methyl sites for hydroxylation is 1. The highest BCUT2D eigenvalue weighted by molar-refractivity contribution is 5.99. The largest absolute Gasteiger partial charge is 0.323 e. The van der Waals surface area contributed by atoms with Crippen molar-refractivity contribution in [1.29, 1.82) is 0 Å². The summed E-state index contributed by atoms with van der Waals surface area (Å²) < 4.78 is 3.85. The van der Waals surface area contributed by atoms with Crippen molar-refractivity contribution in [3.05, 3.63) is 42.6 Å². The van der Waals surface area contributed by atoms with Crippen molar-refractivity contribution < 1.29 is 4.79 Å². The number of hydrogen-bond acceptors (Lipinski definition) is 3. The molecule has 4 rings (SSSR count). The Hall–Kier alpha value is -2.83. The van der Waals surface area contributed by atoms with Crippen LogP contribution in [0.3, 0.4) is 0 Å². The maximum Gasteiger partial charge on any atom is 0.323 e. The van der Waals surface area contributed by atoms with Gasteiger partial charge in [-0.25, -0.2) is 9.78 Å². The Labute approximate surface area is 139 Å². The zero-order valence-corrected chi connectivity index (χ0v) is 13.6. The van der Waals surface area contributed by atoms with Gasteiger partial charge in [0.1, 0.15) is 5.65 Å². The molecule has 3 heterocycles. The minimum atomic E-state index is -0.278. The Morgan fingerprint density at radius 1 is 1.21 bits per heavy atom. The Morgan fingerprint density at radius 2 is 2.00 bits per heavy atom. The molecule has 0 bridgehead atoms. The number of imidazole rings is 1. The predicted octanol–water partition coefficient (Wildman–Crippen LogP) is 3.60. The van der Waals surface area contributed by atoms with Crippen LogP contribution >= 0.6 is 0 Å². The van der Waals surface area contributed by atoms with Gasteiger partial charge in [-0.1, -0.05) is 12.8 Å². The van der Waals surface area contributed by atoms with Crippen LogP contribution in [0.5, 0.6) is 0 Å². The SMILES string of the molecule is Cc1cc(NC(=O)Nc2cnn(C3CCCC3)c2)cn2ccnc12. The molecule has 1 saturated carbocycles. The van der Waals surface area contributed by atoms with Crippen LogP contribution in [0, 0.1) is 6.92 Å². The summed E-state index contributed by atoms with van der Waals surface area (Å²) >= 11 is 0. The van der Waals surface area contributed by atoms with Gasteiger partial charge in [-0.2, -0.15) is 5.10 Å². The van der Waals surface area contributed by atoms with Crippen molar-refractivity contribution >= 4 is 23.1 Å². The molecule has 1 aliphatic carbocycles. The Morgan fingerprint density at radius 3 is 2.83 bits per heavy atom. The molecule has 7 heteroatoms. The van der Waals surface area contributed by atoms with Gasteiger partial charge >= 0.3 is 6.03 Å². The first kappa shape index (κ1) is 14.7. The number of pyridine rings is 1. The number of anilines is 2. The third-order valence-electron chi connectivity index (χ3n) is 4.49. The monoisotopic (exact) mass is 324 g/mol. The van der Waals surface area contributed by atoms with Crippen LogP contribution in [-0.2, 0) is 0 Å². The Bertz CT molecular complexity index is 874. The minimum absolute atomic E-state index is 0.278. The molecule has 2 amide bonds. The highest BCUT2D eigenvalue weighted by atomic mass is 16.2. The van der Waals surface area contributed by atoms with Crippen LogP contribution in [0.25, 0.3) is 5.65 Å². The van der Waals surface area contributed by atoms with Crippen LogP contribution in [0.2, 0.25) is 0 Å². The van der Waals surface area contributed by atoms with Crippen LogP contribution in [-0.4, -0.2) is 25.2 Å². The molecule has 0 atom stereocenters. The van der Waals surface area contributed by atoms with E-state index in [4.69, 9.17) is 0 Å². The van der Waals surface area contributed by atoms with E-state index in [1.54, 1.807) is 12.4 Å². The molecule has 0 radical (unpaired) electrons. The number of fused-ring (bicyclic) bond motifs is 1. The van der Waals surface area contributed by atoms with E-state index in [0.29, 0.717) is 11.7 Å². The zero-order chi connectivity index (χ0) is 16.5. The van der Waals surface area contributed by atoms with Gasteiger partial charge in [0.25, 0.3) is 0 Å². The van der Waals surface area contributed by atoms with Crippen LogP contribution in [0.1, 0.15) is 37.3 Å². The zero-order valence-electron chi connectivity index (χ0n) is 13.6. The molecule has 24 heavy (non-hydrogen) atoms. The maximum absolute atomic E-state index is 12.2. The fraction of sp³-hybridized carbons (Fsp3) is 0.353. The molecular formula is C17H20N6O. The molecule has 3 aromatic rings. The third kappa shape index (κ3) is 2.84. The number of amides is 2. The Kier molecular flexibility index (Phi) is 3.68. The molecule has 1 fully saturated rings. The van der Waals surface area contributed by atoms with Crippen molar-refractivity contribution in [3.8, 4) is 0 Å². The average Bonchev–Trinajstić information content (AvgIpc) is 3.28. The first-order valence-corrected chi connectivity index (χ1v) is 8.24. The molecule has 1 aliphatic rings. The van der Waals surface area contributed by atoms with E-state index >= 15 is 0 Å². The summed E-state index contributed by atoms with van der Waals surface area (Å²) in [5, 5.41) is 10.1. The summed E-state index contributed by atoms with van der Waals surface area (Å²) in [5.74, 6) is 0. The summed E-state index contributed by atoms with van der Waals surface area (Å²) in [7, 11) is 0. The third-order valence-corrected chi connectivity index (χ3v) is 4.49. The highest BCUT2D eigenvalue weighted by Crippen LogP contribution is 2.29. The van der Waals surface area contributed by atoms with E-state index in [-0.39, 0.29) is 6.03 Å². The fourth-order valence-corrected chi connectivity index (χ4v) is 3.34. The van der Waals surface area contributed by atoms with Crippen molar-refractivity contribution in [1.82, 2.24) is 19.2 Å². The van der Waals surface area contributed by atoms with Crippen molar-refractivity contribution in [3.63, 3.8) is 0 Å². The summed E-state index contributed by atoms with van der Waals surface area (Å²) in [6.07, 6.45) is 13.9. The smallest absolute Gasteiger partial charge is 0.306 e. The lowest BCUT2D eigenvalue weighted by atomic mass is 10.3. The lowest BCUT2D eigenvalue weighted by Gasteiger charge is -2.09. The van der Waals surface area contributed by atoms with Gasteiger partial charge in [0.05, 0.1) is 23.6 Å². The van der Waals surface area contributed by atoms with Gasteiger partial charge in [0, 0.05) is 24.8 Å². The standard InChI is InChI=1S/C17H20N6O/c1-12-8-13(10-22-7-6-18-16(12)22)20-17(24)21-14-9-19-23(11-14)15-4-2-3-5-15/h6-11,15H,2-5H2,1H3,(H2,20,21,24). The first-order chi connectivity index (χ1) is 11.7. The average molecular weight is 324 g/mol. The molecule has 2 N–H and O–H groups in total. The first-order valence-electron chi connectivity index (χ1n) is 8.24. The lowest BCUT2D eigenvalue weighted by Crippen LogP contribution is -2.19. The Balaban J connectivity index is 1.44. The summed E-state index contributed by atoms with van der Waals surface area (Å²) in [5.41, 5.74) is 3.32. The highest BCUT2D eigenvalue weighted by Gasteiger charge is 2.18. The summed E-state index contributed by atoms with van der Waals surface area (Å²) in [6, 6.07) is 2.10. The van der Waals surface area contributed by atoms with Gasteiger partial charge in [-0.15, -0.1) is 0 Å². The van der Waals surface area contributed by atoms with Gasteiger partial charge in [0.2, 0.25) is 0 Å². The molecule has 0 unspecified atom stereocenters.